The van der Waals surface area contributed by atoms with E-state index in [1.165, 1.54) is 17.0 Å². The lowest BCUT2D eigenvalue weighted by Gasteiger charge is -2.36. The van der Waals surface area contributed by atoms with Crippen LogP contribution in [-0.2, 0) is 16.0 Å². The molecule has 1 aliphatic rings. The number of hydrogen-bond donors (Lipinski definition) is 1. The lowest BCUT2D eigenvalue weighted by atomic mass is 10.1. The van der Waals surface area contributed by atoms with Crippen molar-refractivity contribution < 1.29 is 14.0 Å². The Morgan fingerprint density at radius 2 is 2.19 bits per heavy atom. The second-order valence-electron chi connectivity index (χ2n) is 5.35. The van der Waals surface area contributed by atoms with E-state index in [-0.39, 0.29) is 24.1 Å². The summed E-state index contributed by atoms with van der Waals surface area (Å²) in [5, 5.41) is 3.13. The first-order valence-electron chi connectivity index (χ1n) is 6.95. The summed E-state index contributed by atoms with van der Waals surface area (Å²) >= 11 is 0. The highest BCUT2D eigenvalue weighted by Gasteiger charge is 2.32. The van der Waals surface area contributed by atoms with Gasteiger partial charge in [-0.2, -0.15) is 0 Å². The van der Waals surface area contributed by atoms with Crippen LogP contribution in [0.1, 0.15) is 5.56 Å². The van der Waals surface area contributed by atoms with Crippen LogP contribution in [0.4, 0.5) is 4.39 Å². The predicted octanol–water partition coefficient (Wildman–Crippen LogP) is 0.257. The van der Waals surface area contributed by atoms with Crippen LogP contribution in [0, 0.1) is 5.82 Å². The molecule has 0 spiro atoms. The number of likely N-dealkylation sites (N-methyl/N-ethyl adjacent to an activating group) is 1. The normalized spacial score (nSPS) is 18.4. The number of rotatable bonds is 3. The van der Waals surface area contributed by atoms with Crippen molar-refractivity contribution in [2.75, 3.05) is 33.7 Å². The van der Waals surface area contributed by atoms with Gasteiger partial charge < -0.3 is 15.1 Å². The standard InChI is InChI=1S/C15H20FN3O2/c1-18(2)15(21)13-10-17-6-7-19(13)14(20)9-11-4-3-5-12(16)8-11/h3-5,8,13,17H,6-7,9-10H2,1-2H3. The number of carbonyl (C=O) groups excluding carboxylic acids is 2. The zero-order chi connectivity index (χ0) is 15.4. The van der Waals surface area contributed by atoms with Crippen molar-refractivity contribution in [2.45, 2.75) is 12.5 Å². The Balaban J connectivity index is 2.10. The van der Waals surface area contributed by atoms with Gasteiger partial charge in [-0.1, -0.05) is 12.1 Å². The van der Waals surface area contributed by atoms with Gasteiger partial charge in [-0.15, -0.1) is 0 Å². The van der Waals surface area contributed by atoms with Crippen molar-refractivity contribution in [2.24, 2.45) is 0 Å². The SMILES string of the molecule is CN(C)C(=O)C1CNCCN1C(=O)Cc1cccc(F)c1. The van der Waals surface area contributed by atoms with Crippen molar-refractivity contribution in [1.29, 1.82) is 0 Å². The Hall–Kier alpha value is -1.95. The Morgan fingerprint density at radius 1 is 1.43 bits per heavy atom. The molecule has 6 heteroatoms. The van der Waals surface area contributed by atoms with Gasteiger partial charge in [-0.05, 0) is 17.7 Å². The topological polar surface area (TPSA) is 52.7 Å². The van der Waals surface area contributed by atoms with E-state index < -0.39 is 6.04 Å². The first-order valence-corrected chi connectivity index (χ1v) is 6.95. The lowest BCUT2D eigenvalue weighted by molar-refractivity contribution is -0.145. The highest BCUT2D eigenvalue weighted by molar-refractivity contribution is 5.88. The maximum atomic E-state index is 13.2. The van der Waals surface area contributed by atoms with Gasteiger partial charge in [-0.25, -0.2) is 4.39 Å². The van der Waals surface area contributed by atoms with Gasteiger partial charge in [-0.3, -0.25) is 9.59 Å². The summed E-state index contributed by atoms with van der Waals surface area (Å²) in [4.78, 5) is 27.6. The number of nitrogens with zero attached hydrogens (tertiary/aromatic N) is 2. The molecule has 1 heterocycles. The number of carbonyl (C=O) groups is 2. The molecule has 0 radical (unpaired) electrons. The van der Waals surface area contributed by atoms with Crippen molar-refractivity contribution in [3.05, 3.63) is 35.6 Å². The highest BCUT2D eigenvalue weighted by Crippen LogP contribution is 2.11. The molecule has 1 saturated heterocycles. The van der Waals surface area contributed by atoms with Gasteiger partial charge in [0, 0.05) is 33.7 Å². The molecule has 0 bridgehead atoms. The summed E-state index contributed by atoms with van der Waals surface area (Å²) in [6.45, 7) is 1.59. The van der Waals surface area contributed by atoms with Crippen LogP contribution in [0.5, 0.6) is 0 Å². The zero-order valence-electron chi connectivity index (χ0n) is 12.3. The molecular weight excluding hydrogens is 273 g/mol. The molecule has 1 atom stereocenters. The van der Waals surface area contributed by atoms with Crippen molar-refractivity contribution in [3.63, 3.8) is 0 Å². The molecule has 1 aliphatic heterocycles. The third-order valence-corrected chi connectivity index (χ3v) is 3.53. The molecule has 21 heavy (non-hydrogen) atoms. The molecule has 1 aromatic carbocycles. The molecule has 2 amide bonds. The maximum absolute atomic E-state index is 13.2. The third-order valence-electron chi connectivity index (χ3n) is 3.53. The third kappa shape index (κ3) is 3.78. The Bertz CT molecular complexity index is 533. The first kappa shape index (κ1) is 15.4. The molecule has 114 valence electrons. The van der Waals surface area contributed by atoms with Crippen LogP contribution in [0.25, 0.3) is 0 Å². The van der Waals surface area contributed by atoms with Gasteiger partial charge in [0.1, 0.15) is 11.9 Å². The summed E-state index contributed by atoms with van der Waals surface area (Å²) in [6.07, 6.45) is 0.106. The van der Waals surface area contributed by atoms with Crippen LogP contribution in [0.2, 0.25) is 0 Å². The van der Waals surface area contributed by atoms with Crippen LogP contribution in [-0.4, -0.2) is 61.4 Å². The largest absolute Gasteiger partial charge is 0.347 e. The summed E-state index contributed by atoms with van der Waals surface area (Å²) in [5.74, 6) is -0.612. The van der Waals surface area contributed by atoms with E-state index in [0.717, 1.165) is 0 Å². The average molecular weight is 293 g/mol. The Kier molecular flexibility index (Phi) is 4.90. The van der Waals surface area contributed by atoms with Crippen molar-refractivity contribution >= 4 is 11.8 Å². The zero-order valence-corrected chi connectivity index (χ0v) is 12.3. The van der Waals surface area contributed by atoms with Crippen molar-refractivity contribution in [1.82, 2.24) is 15.1 Å². The molecule has 0 aliphatic carbocycles. The molecule has 1 N–H and O–H groups in total. The lowest BCUT2D eigenvalue weighted by Crippen LogP contribution is -2.59. The van der Waals surface area contributed by atoms with Gasteiger partial charge in [0.2, 0.25) is 11.8 Å². The van der Waals surface area contributed by atoms with Gasteiger partial charge >= 0.3 is 0 Å². The van der Waals surface area contributed by atoms with Crippen LogP contribution >= 0.6 is 0 Å². The van der Waals surface area contributed by atoms with Gasteiger partial charge in [0.05, 0.1) is 6.42 Å². The molecule has 1 aromatic rings. The van der Waals surface area contributed by atoms with Gasteiger partial charge in [0.25, 0.3) is 0 Å². The van der Waals surface area contributed by atoms with E-state index >= 15 is 0 Å². The van der Waals surface area contributed by atoms with Crippen molar-refractivity contribution in [3.8, 4) is 0 Å². The molecule has 1 fully saturated rings. The monoisotopic (exact) mass is 293 g/mol. The maximum Gasteiger partial charge on any atom is 0.246 e. The Labute approximate surface area is 123 Å². The summed E-state index contributed by atoms with van der Waals surface area (Å²) in [7, 11) is 3.35. The second kappa shape index (κ2) is 6.67. The Morgan fingerprint density at radius 3 is 2.86 bits per heavy atom. The van der Waals surface area contributed by atoms with Gasteiger partial charge in [0.15, 0.2) is 0 Å². The molecule has 0 aromatic heterocycles. The van der Waals surface area contributed by atoms with Crippen LogP contribution in [0.15, 0.2) is 24.3 Å². The van der Waals surface area contributed by atoms with Crippen LogP contribution in [0.3, 0.4) is 0 Å². The van der Waals surface area contributed by atoms with E-state index in [2.05, 4.69) is 5.32 Å². The van der Waals surface area contributed by atoms with E-state index in [1.807, 2.05) is 0 Å². The molecule has 0 saturated carbocycles. The second-order valence-corrected chi connectivity index (χ2v) is 5.35. The smallest absolute Gasteiger partial charge is 0.246 e. The summed E-state index contributed by atoms with van der Waals surface area (Å²) in [5.41, 5.74) is 0.620. The van der Waals surface area contributed by atoms with Crippen LogP contribution < -0.4 is 5.32 Å². The number of amides is 2. The minimum absolute atomic E-state index is 0.102. The fourth-order valence-corrected chi connectivity index (χ4v) is 2.44. The fraction of sp³-hybridized carbons (Fsp3) is 0.467. The molecular formula is C15H20FN3O2. The number of hydrogen-bond acceptors (Lipinski definition) is 3. The summed E-state index contributed by atoms with van der Waals surface area (Å²) in [6, 6.07) is 5.50. The first-order chi connectivity index (χ1) is 9.99. The number of benzene rings is 1. The highest BCUT2D eigenvalue weighted by atomic mass is 19.1. The minimum Gasteiger partial charge on any atom is -0.347 e. The molecule has 1 unspecified atom stereocenters. The number of nitrogens with one attached hydrogen (secondary N) is 1. The molecule has 5 nitrogen and oxygen atoms in total. The average Bonchev–Trinajstić information content (AvgIpc) is 2.46. The predicted molar refractivity (Wildman–Crippen MR) is 77.2 cm³/mol. The van der Waals surface area contributed by atoms with E-state index in [0.29, 0.717) is 25.2 Å². The molecule has 2 rings (SSSR count). The van der Waals surface area contributed by atoms with E-state index in [9.17, 15) is 14.0 Å². The number of piperazine rings is 1. The fourth-order valence-electron chi connectivity index (χ4n) is 2.44. The minimum atomic E-state index is -0.491. The quantitative estimate of drug-likeness (QED) is 0.869. The van der Waals surface area contributed by atoms with E-state index in [1.54, 1.807) is 31.1 Å². The van der Waals surface area contributed by atoms with E-state index in [4.69, 9.17) is 0 Å². The summed E-state index contributed by atoms with van der Waals surface area (Å²) < 4.78 is 13.2. The number of halogens is 1.